The molecule has 2 aromatic heterocycles. The zero-order chi connectivity index (χ0) is 28.4. The van der Waals surface area contributed by atoms with Gasteiger partial charge in [0.05, 0.1) is 27.3 Å². The second-order valence-corrected chi connectivity index (χ2v) is 10.2. The number of carbonyl (C=O) groups is 1. The number of nitrogens with zero attached hydrogens (tertiary/aromatic N) is 3. The van der Waals surface area contributed by atoms with Crippen molar-refractivity contribution in [2.45, 2.75) is 13.0 Å². The smallest absolute Gasteiger partial charge is 0.338 e. The Morgan fingerprint density at radius 2 is 2.00 bits per heavy atom. The first-order valence-electron chi connectivity index (χ1n) is 12.1. The molecule has 0 fully saturated rings. The third kappa shape index (κ3) is 5.26. The van der Waals surface area contributed by atoms with Gasteiger partial charge < -0.3 is 13.9 Å². The summed E-state index contributed by atoms with van der Waals surface area (Å²) in [4.78, 5) is 42.6. The van der Waals surface area contributed by atoms with Crippen molar-refractivity contribution in [1.82, 2.24) is 4.57 Å². The molecular formula is C28H22ClN3O7S. The van der Waals surface area contributed by atoms with Crippen LogP contribution in [0.3, 0.4) is 0 Å². The van der Waals surface area contributed by atoms with E-state index >= 15 is 0 Å². The molecule has 3 heterocycles. The molecule has 10 nitrogen and oxygen atoms in total. The number of non-ortho nitro benzene ring substituents is 1. The number of nitro benzene ring substituents is 1. The van der Waals surface area contributed by atoms with Gasteiger partial charge in [-0.25, -0.2) is 9.79 Å². The molecule has 0 amide bonds. The first kappa shape index (κ1) is 27.3. The highest BCUT2D eigenvalue weighted by Gasteiger charge is 2.34. The number of rotatable bonds is 8. The van der Waals surface area contributed by atoms with Crippen molar-refractivity contribution < 1.29 is 23.6 Å². The van der Waals surface area contributed by atoms with E-state index in [9.17, 15) is 19.7 Å². The summed E-state index contributed by atoms with van der Waals surface area (Å²) < 4.78 is 18.0. The van der Waals surface area contributed by atoms with E-state index in [-0.39, 0.29) is 24.5 Å². The third-order valence-electron chi connectivity index (χ3n) is 6.20. The Hall–Kier alpha value is -4.32. The summed E-state index contributed by atoms with van der Waals surface area (Å²) in [5.41, 5.74) is 1.24. The van der Waals surface area contributed by atoms with Crippen LogP contribution in [0.4, 0.5) is 5.69 Å². The van der Waals surface area contributed by atoms with Crippen LogP contribution in [-0.4, -0.2) is 35.8 Å². The van der Waals surface area contributed by atoms with Crippen LogP contribution >= 0.6 is 22.9 Å². The molecule has 40 heavy (non-hydrogen) atoms. The number of ether oxygens (including phenoxy) is 2. The van der Waals surface area contributed by atoms with Crippen molar-refractivity contribution in [2.75, 3.05) is 20.3 Å². The van der Waals surface area contributed by atoms with Crippen LogP contribution in [0.1, 0.15) is 24.3 Å². The van der Waals surface area contributed by atoms with Crippen molar-refractivity contribution in [1.29, 1.82) is 0 Å². The van der Waals surface area contributed by atoms with E-state index in [4.69, 9.17) is 25.5 Å². The number of esters is 1. The number of nitro groups is 1. The average molecular weight is 580 g/mol. The number of halogens is 1. The second kappa shape index (κ2) is 11.4. The van der Waals surface area contributed by atoms with E-state index in [1.165, 1.54) is 23.8 Å². The highest BCUT2D eigenvalue weighted by molar-refractivity contribution is 7.07. The number of allylic oxidation sites excluding steroid dienone is 1. The molecule has 1 aliphatic rings. The Bertz CT molecular complexity index is 1840. The Morgan fingerprint density at radius 3 is 2.75 bits per heavy atom. The van der Waals surface area contributed by atoms with Gasteiger partial charge in [0.15, 0.2) is 4.80 Å². The standard InChI is InChI=1S/C28H22ClN3O7S/c1-16-24(27(34)38-13-12-37-2)25(20-8-3-4-9-21(20)29)31-26(33)23(40-28(31)30-16)15-19-10-11-22(39-19)17-6-5-7-18(14-17)32(35)36/h3-11,14-15,25H,12-13H2,1-2H3/b23-15-/t25-/m1/s1. The minimum Gasteiger partial charge on any atom is -0.460 e. The van der Waals surface area contributed by atoms with Crippen molar-refractivity contribution in [3.05, 3.63) is 118 Å². The van der Waals surface area contributed by atoms with Gasteiger partial charge in [0.2, 0.25) is 0 Å². The molecule has 0 radical (unpaired) electrons. The number of furan rings is 1. The maximum atomic E-state index is 13.8. The number of thiazole rings is 1. The quantitative estimate of drug-likeness (QED) is 0.132. The van der Waals surface area contributed by atoms with E-state index in [1.807, 2.05) is 0 Å². The molecule has 0 saturated carbocycles. The lowest BCUT2D eigenvalue weighted by Crippen LogP contribution is -2.40. The molecule has 4 aromatic rings. The largest absolute Gasteiger partial charge is 0.460 e. The van der Waals surface area contributed by atoms with Crippen molar-refractivity contribution in [3.63, 3.8) is 0 Å². The zero-order valence-electron chi connectivity index (χ0n) is 21.3. The maximum absolute atomic E-state index is 13.8. The molecule has 1 aliphatic heterocycles. The first-order valence-corrected chi connectivity index (χ1v) is 13.3. The molecule has 0 spiro atoms. The van der Waals surface area contributed by atoms with Crippen LogP contribution in [0.2, 0.25) is 5.02 Å². The van der Waals surface area contributed by atoms with Crippen LogP contribution in [0.25, 0.3) is 17.4 Å². The number of hydrogen-bond acceptors (Lipinski definition) is 9. The van der Waals surface area contributed by atoms with Gasteiger partial charge in [-0.3, -0.25) is 19.5 Å². The van der Waals surface area contributed by atoms with Gasteiger partial charge in [0.1, 0.15) is 24.2 Å². The highest BCUT2D eigenvalue weighted by Crippen LogP contribution is 2.34. The van der Waals surface area contributed by atoms with Crippen LogP contribution in [0, 0.1) is 10.1 Å². The lowest BCUT2D eigenvalue weighted by molar-refractivity contribution is -0.384. The summed E-state index contributed by atoms with van der Waals surface area (Å²) in [7, 11) is 1.50. The first-order chi connectivity index (χ1) is 19.3. The Morgan fingerprint density at radius 1 is 1.20 bits per heavy atom. The summed E-state index contributed by atoms with van der Waals surface area (Å²) in [6, 6.07) is 15.5. The van der Waals surface area contributed by atoms with Crippen molar-refractivity contribution in [2.24, 2.45) is 4.99 Å². The normalized spacial score (nSPS) is 15.1. The minimum absolute atomic E-state index is 0.0389. The highest BCUT2D eigenvalue weighted by atomic mass is 35.5. The van der Waals surface area contributed by atoms with Gasteiger partial charge in [-0.2, -0.15) is 0 Å². The molecule has 0 aliphatic carbocycles. The summed E-state index contributed by atoms with van der Waals surface area (Å²) in [5.74, 6) is 0.162. The Balaban J connectivity index is 1.60. The van der Waals surface area contributed by atoms with E-state index in [0.29, 0.717) is 42.7 Å². The van der Waals surface area contributed by atoms with Gasteiger partial charge in [0, 0.05) is 35.9 Å². The lowest BCUT2D eigenvalue weighted by Gasteiger charge is -2.25. The number of benzene rings is 2. The van der Waals surface area contributed by atoms with E-state index < -0.39 is 22.5 Å². The predicted octanol–water partition coefficient (Wildman–Crippen LogP) is 4.25. The number of methoxy groups -OCH3 is 1. The van der Waals surface area contributed by atoms with Crippen molar-refractivity contribution in [3.8, 4) is 11.3 Å². The van der Waals surface area contributed by atoms with Gasteiger partial charge >= 0.3 is 5.97 Å². The zero-order valence-corrected chi connectivity index (χ0v) is 22.9. The second-order valence-electron chi connectivity index (χ2n) is 8.74. The van der Waals surface area contributed by atoms with E-state index in [2.05, 4.69) is 4.99 Å². The van der Waals surface area contributed by atoms with Crippen LogP contribution in [-0.2, 0) is 14.3 Å². The van der Waals surface area contributed by atoms with Gasteiger partial charge in [-0.05, 0) is 30.7 Å². The van der Waals surface area contributed by atoms with Crippen LogP contribution in [0.5, 0.6) is 0 Å². The average Bonchev–Trinajstić information content (AvgIpc) is 3.53. The monoisotopic (exact) mass is 579 g/mol. The van der Waals surface area contributed by atoms with E-state index in [0.717, 1.165) is 11.3 Å². The SMILES string of the molecule is COCCOC(=O)C1=C(C)N=c2s/c(=C\c3ccc(-c4cccc([N+](=O)[O-])c4)o3)c(=O)n2[C@@H]1c1ccccc1Cl. The third-order valence-corrected chi connectivity index (χ3v) is 7.53. The topological polar surface area (TPSA) is 126 Å². The number of fused-ring (bicyclic) bond motifs is 1. The summed E-state index contributed by atoms with van der Waals surface area (Å²) in [6.07, 6.45) is 1.57. The molecule has 0 bridgehead atoms. The molecule has 5 rings (SSSR count). The van der Waals surface area contributed by atoms with Gasteiger partial charge in [0.25, 0.3) is 11.2 Å². The lowest BCUT2D eigenvalue weighted by atomic mass is 9.96. The molecule has 12 heteroatoms. The van der Waals surface area contributed by atoms with E-state index in [1.54, 1.807) is 61.5 Å². The van der Waals surface area contributed by atoms with Crippen LogP contribution < -0.4 is 14.9 Å². The molecule has 0 saturated heterocycles. The predicted molar refractivity (Wildman–Crippen MR) is 149 cm³/mol. The number of carbonyl (C=O) groups excluding carboxylic acids is 1. The summed E-state index contributed by atoms with van der Waals surface area (Å²) in [5, 5.41) is 11.5. The molecule has 0 unspecified atom stereocenters. The molecule has 204 valence electrons. The fraction of sp³-hybridized carbons (Fsp3) is 0.179. The Kier molecular flexibility index (Phi) is 7.78. The minimum atomic E-state index is -0.862. The molecule has 1 atom stereocenters. The van der Waals surface area contributed by atoms with Gasteiger partial charge in [-0.15, -0.1) is 0 Å². The fourth-order valence-corrected chi connectivity index (χ4v) is 5.62. The summed E-state index contributed by atoms with van der Waals surface area (Å²) in [6.45, 7) is 1.94. The van der Waals surface area contributed by atoms with Crippen molar-refractivity contribution >= 4 is 40.7 Å². The van der Waals surface area contributed by atoms with Gasteiger partial charge in [-0.1, -0.05) is 53.3 Å². The van der Waals surface area contributed by atoms with Crippen LogP contribution in [0.15, 0.2) is 86.1 Å². The maximum Gasteiger partial charge on any atom is 0.338 e. The summed E-state index contributed by atoms with van der Waals surface area (Å²) >= 11 is 7.69. The molecular weight excluding hydrogens is 558 g/mol. The molecule has 2 aromatic carbocycles. The fourth-order valence-electron chi connectivity index (χ4n) is 4.36. The number of aromatic nitrogens is 1. The molecule has 0 N–H and O–H groups in total. The number of hydrogen-bond donors (Lipinski definition) is 0. The Labute approximate surface area is 236 Å².